The molecule has 0 unspecified atom stereocenters. The number of aromatic amines is 1. The third-order valence-electron chi connectivity index (χ3n) is 1.97. The summed E-state index contributed by atoms with van der Waals surface area (Å²) in [6.45, 7) is 0.562. The number of H-pyrrole nitrogens is 1. The van der Waals surface area contributed by atoms with Gasteiger partial charge in [-0.25, -0.2) is 0 Å². The highest BCUT2D eigenvalue weighted by atomic mass is 32.2. The second-order valence-corrected chi connectivity index (χ2v) is 3.74. The van der Waals surface area contributed by atoms with E-state index < -0.39 is 0 Å². The van der Waals surface area contributed by atoms with Crippen molar-refractivity contribution in [3.05, 3.63) is 17.0 Å². The Labute approximate surface area is 69.7 Å². The lowest BCUT2D eigenvalue weighted by atomic mass is 10.1. The van der Waals surface area contributed by atoms with Crippen molar-refractivity contribution in [2.45, 2.75) is 18.7 Å². The van der Waals surface area contributed by atoms with Crippen LogP contribution in [0.1, 0.15) is 17.0 Å². The molecule has 2 heterocycles. The predicted octanol–water partition coefficient (Wildman–Crippen LogP) is 0.658. The molecule has 0 saturated heterocycles. The second kappa shape index (κ2) is 2.87. The summed E-state index contributed by atoms with van der Waals surface area (Å²) in [4.78, 5) is 0. The van der Waals surface area contributed by atoms with Crippen molar-refractivity contribution in [1.29, 1.82) is 0 Å². The monoisotopic (exact) mass is 169 g/mol. The maximum atomic E-state index is 5.53. The fourth-order valence-electron chi connectivity index (χ4n) is 1.34. The number of hydrogen-bond acceptors (Lipinski definition) is 3. The molecule has 0 amide bonds. The van der Waals surface area contributed by atoms with Gasteiger partial charge >= 0.3 is 0 Å². The highest BCUT2D eigenvalue weighted by Crippen LogP contribution is 2.24. The molecule has 0 fully saturated rings. The highest BCUT2D eigenvalue weighted by Gasteiger charge is 2.15. The minimum absolute atomic E-state index is 0.562. The van der Waals surface area contributed by atoms with Crippen molar-refractivity contribution >= 4 is 11.8 Å². The minimum atomic E-state index is 0.562. The first-order chi connectivity index (χ1) is 5.42. The first kappa shape index (κ1) is 7.18. The van der Waals surface area contributed by atoms with Gasteiger partial charge in [-0.1, -0.05) is 0 Å². The molecule has 11 heavy (non-hydrogen) atoms. The van der Waals surface area contributed by atoms with Crippen LogP contribution in [0.15, 0.2) is 0 Å². The standard InChI is InChI=1S/C7H11N3S/c8-3-7-5-4-11-2-1-6(5)9-10-7/h1-4,8H2,(H,9,10). The van der Waals surface area contributed by atoms with Gasteiger partial charge in [0.05, 0.1) is 5.69 Å². The van der Waals surface area contributed by atoms with E-state index in [4.69, 9.17) is 5.73 Å². The summed E-state index contributed by atoms with van der Waals surface area (Å²) in [5.41, 5.74) is 9.22. The third-order valence-corrected chi connectivity index (χ3v) is 2.96. The van der Waals surface area contributed by atoms with Crippen molar-refractivity contribution < 1.29 is 0 Å². The fourth-order valence-corrected chi connectivity index (χ4v) is 2.38. The average Bonchev–Trinajstić information content (AvgIpc) is 2.47. The summed E-state index contributed by atoms with van der Waals surface area (Å²) in [5.74, 6) is 2.29. The maximum absolute atomic E-state index is 5.53. The molecule has 0 aromatic carbocycles. The van der Waals surface area contributed by atoms with Crippen LogP contribution in [0, 0.1) is 0 Å². The molecule has 2 rings (SSSR count). The zero-order chi connectivity index (χ0) is 7.68. The first-order valence-electron chi connectivity index (χ1n) is 3.74. The molecule has 1 aromatic heterocycles. The molecule has 3 N–H and O–H groups in total. The molecule has 4 heteroatoms. The van der Waals surface area contributed by atoms with Gasteiger partial charge in [-0.05, 0) is 12.2 Å². The van der Waals surface area contributed by atoms with Gasteiger partial charge in [-0.15, -0.1) is 0 Å². The summed E-state index contributed by atoms with van der Waals surface area (Å²) in [6.07, 6.45) is 1.12. The van der Waals surface area contributed by atoms with Crippen molar-refractivity contribution in [1.82, 2.24) is 10.2 Å². The molecule has 1 aliphatic rings. The Kier molecular flexibility index (Phi) is 1.87. The van der Waals surface area contributed by atoms with Gasteiger partial charge in [-0.3, -0.25) is 5.10 Å². The van der Waals surface area contributed by atoms with Crippen molar-refractivity contribution in [3.63, 3.8) is 0 Å². The number of aromatic nitrogens is 2. The smallest absolute Gasteiger partial charge is 0.0801 e. The Morgan fingerprint density at radius 2 is 2.55 bits per heavy atom. The average molecular weight is 169 g/mol. The predicted molar refractivity (Wildman–Crippen MR) is 46.3 cm³/mol. The quantitative estimate of drug-likeness (QED) is 0.649. The molecular weight excluding hydrogens is 158 g/mol. The molecule has 0 saturated carbocycles. The number of aryl methyl sites for hydroxylation is 1. The van der Waals surface area contributed by atoms with Gasteiger partial charge in [-0.2, -0.15) is 16.9 Å². The summed E-state index contributed by atoms with van der Waals surface area (Å²) in [5, 5.41) is 7.19. The Morgan fingerprint density at radius 3 is 3.36 bits per heavy atom. The minimum Gasteiger partial charge on any atom is -0.325 e. The molecule has 0 aliphatic carbocycles. The Morgan fingerprint density at radius 1 is 1.64 bits per heavy atom. The summed E-state index contributed by atoms with van der Waals surface area (Å²) >= 11 is 1.96. The van der Waals surface area contributed by atoms with E-state index in [9.17, 15) is 0 Å². The van der Waals surface area contributed by atoms with Crippen molar-refractivity contribution in [2.24, 2.45) is 5.73 Å². The van der Waals surface area contributed by atoms with E-state index in [1.54, 1.807) is 0 Å². The van der Waals surface area contributed by atoms with Crippen LogP contribution < -0.4 is 5.73 Å². The van der Waals surface area contributed by atoms with E-state index in [0.29, 0.717) is 6.54 Å². The Bertz CT molecular complexity index is 243. The zero-order valence-electron chi connectivity index (χ0n) is 6.26. The Balaban J connectivity index is 2.38. The van der Waals surface area contributed by atoms with Gasteiger partial charge in [0, 0.05) is 23.6 Å². The lowest BCUT2D eigenvalue weighted by Gasteiger charge is -2.09. The molecule has 1 aliphatic heterocycles. The van der Waals surface area contributed by atoms with E-state index in [1.165, 1.54) is 17.0 Å². The normalized spacial score (nSPS) is 16.5. The summed E-state index contributed by atoms with van der Waals surface area (Å²) in [7, 11) is 0. The van der Waals surface area contributed by atoms with E-state index in [1.807, 2.05) is 11.8 Å². The number of nitrogens with one attached hydrogen (secondary N) is 1. The van der Waals surface area contributed by atoms with Gasteiger partial charge in [0.25, 0.3) is 0 Å². The van der Waals surface area contributed by atoms with Crippen LogP contribution in [0.5, 0.6) is 0 Å². The third kappa shape index (κ3) is 1.16. The topological polar surface area (TPSA) is 54.7 Å². The lowest BCUT2D eigenvalue weighted by Crippen LogP contribution is -2.04. The molecule has 0 radical (unpaired) electrons. The Hall–Kier alpha value is -0.480. The van der Waals surface area contributed by atoms with E-state index >= 15 is 0 Å². The number of hydrogen-bond donors (Lipinski definition) is 2. The van der Waals surface area contributed by atoms with Crippen LogP contribution in [-0.4, -0.2) is 16.0 Å². The van der Waals surface area contributed by atoms with Crippen LogP contribution in [-0.2, 0) is 18.7 Å². The molecule has 0 spiro atoms. The number of fused-ring (bicyclic) bond motifs is 1. The van der Waals surface area contributed by atoms with Crippen LogP contribution in [0.4, 0.5) is 0 Å². The largest absolute Gasteiger partial charge is 0.325 e. The zero-order valence-corrected chi connectivity index (χ0v) is 7.08. The molecule has 3 nitrogen and oxygen atoms in total. The van der Waals surface area contributed by atoms with E-state index in [0.717, 1.165) is 17.9 Å². The van der Waals surface area contributed by atoms with Gasteiger partial charge in [0.2, 0.25) is 0 Å². The molecule has 0 atom stereocenters. The molecule has 0 bridgehead atoms. The maximum Gasteiger partial charge on any atom is 0.0801 e. The molecule has 1 aromatic rings. The second-order valence-electron chi connectivity index (χ2n) is 2.63. The van der Waals surface area contributed by atoms with Crippen LogP contribution >= 0.6 is 11.8 Å². The fraction of sp³-hybridized carbons (Fsp3) is 0.571. The van der Waals surface area contributed by atoms with E-state index in [-0.39, 0.29) is 0 Å². The molecular formula is C7H11N3S. The summed E-state index contributed by atoms with van der Waals surface area (Å²) in [6, 6.07) is 0. The molecule has 60 valence electrons. The van der Waals surface area contributed by atoms with Crippen molar-refractivity contribution in [2.75, 3.05) is 5.75 Å². The van der Waals surface area contributed by atoms with Crippen LogP contribution in [0.3, 0.4) is 0 Å². The van der Waals surface area contributed by atoms with Crippen LogP contribution in [0.2, 0.25) is 0 Å². The highest BCUT2D eigenvalue weighted by molar-refractivity contribution is 7.98. The van der Waals surface area contributed by atoms with Gasteiger partial charge in [0.15, 0.2) is 0 Å². The van der Waals surface area contributed by atoms with Gasteiger partial charge < -0.3 is 5.73 Å². The van der Waals surface area contributed by atoms with Crippen LogP contribution in [0.25, 0.3) is 0 Å². The number of nitrogens with zero attached hydrogens (tertiary/aromatic N) is 1. The summed E-state index contributed by atoms with van der Waals surface area (Å²) < 4.78 is 0. The SMILES string of the molecule is NCc1n[nH]c2c1CSCC2. The van der Waals surface area contributed by atoms with Gasteiger partial charge in [0.1, 0.15) is 0 Å². The first-order valence-corrected chi connectivity index (χ1v) is 4.90. The van der Waals surface area contributed by atoms with E-state index in [2.05, 4.69) is 10.2 Å². The van der Waals surface area contributed by atoms with Crippen molar-refractivity contribution in [3.8, 4) is 0 Å². The lowest BCUT2D eigenvalue weighted by molar-refractivity contribution is 0.924. The number of rotatable bonds is 1. The number of nitrogens with two attached hydrogens (primary N) is 1. The number of thioether (sulfide) groups is 1.